The van der Waals surface area contributed by atoms with Crippen LogP contribution in [0.2, 0.25) is 5.02 Å². The van der Waals surface area contributed by atoms with Gasteiger partial charge in [0.2, 0.25) is 0 Å². The Labute approximate surface area is 108 Å². The minimum Gasteiger partial charge on any atom is -0.388 e. The first-order valence-electron chi connectivity index (χ1n) is 4.64. The van der Waals surface area contributed by atoms with Crippen LogP contribution in [0.25, 0.3) is 0 Å². The summed E-state index contributed by atoms with van der Waals surface area (Å²) >= 11 is 12.2. The van der Waals surface area contributed by atoms with Gasteiger partial charge in [-0.25, -0.2) is 4.98 Å². The zero-order chi connectivity index (χ0) is 11.5. The molecule has 1 aromatic heterocycles. The fraction of sp³-hybridized carbons (Fsp3) is 0.0909. The van der Waals surface area contributed by atoms with Crippen LogP contribution in [0.4, 0.5) is 0 Å². The van der Waals surface area contributed by atoms with E-state index in [0.29, 0.717) is 10.7 Å². The fourth-order valence-corrected chi connectivity index (χ4v) is 2.42. The summed E-state index contributed by atoms with van der Waals surface area (Å²) in [6.45, 7) is 0. The number of rotatable bonds is 3. The Kier molecular flexibility index (Phi) is 3.53. The summed E-state index contributed by atoms with van der Waals surface area (Å²) in [6.07, 6.45) is 0.782. The number of hydrogen-bond acceptors (Lipinski definition) is 3. The molecule has 2 N–H and O–H groups in total. The van der Waals surface area contributed by atoms with E-state index in [1.54, 1.807) is 11.3 Å². The van der Waals surface area contributed by atoms with E-state index in [2.05, 4.69) is 4.98 Å². The lowest BCUT2D eigenvalue weighted by Crippen LogP contribution is -2.09. The van der Waals surface area contributed by atoms with Crippen molar-refractivity contribution in [1.82, 2.24) is 4.98 Å². The molecule has 0 radical (unpaired) electrons. The molecular formula is C11H9ClN2S2. The molecule has 0 aliphatic carbocycles. The average molecular weight is 269 g/mol. The third kappa shape index (κ3) is 2.78. The van der Waals surface area contributed by atoms with E-state index in [0.717, 1.165) is 16.5 Å². The van der Waals surface area contributed by atoms with Gasteiger partial charge in [0.25, 0.3) is 0 Å². The van der Waals surface area contributed by atoms with E-state index >= 15 is 0 Å². The fourth-order valence-electron chi connectivity index (χ4n) is 1.28. The Hall–Kier alpha value is -0.970. The molecule has 0 aliphatic rings. The average Bonchev–Trinajstić information content (AvgIpc) is 2.70. The van der Waals surface area contributed by atoms with Crippen LogP contribution in [0.3, 0.4) is 0 Å². The van der Waals surface area contributed by atoms with Crippen LogP contribution >= 0.6 is 35.2 Å². The monoisotopic (exact) mass is 268 g/mol. The summed E-state index contributed by atoms with van der Waals surface area (Å²) in [5, 5.41) is 3.63. The van der Waals surface area contributed by atoms with Gasteiger partial charge < -0.3 is 5.73 Å². The van der Waals surface area contributed by atoms with E-state index in [4.69, 9.17) is 29.6 Å². The molecule has 0 unspecified atom stereocenters. The first-order chi connectivity index (χ1) is 7.65. The second kappa shape index (κ2) is 4.91. The van der Waals surface area contributed by atoms with Crippen LogP contribution in [0, 0.1) is 0 Å². The maximum Gasteiger partial charge on any atom is 0.123 e. The van der Waals surface area contributed by atoms with E-state index < -0.39 is 0 Å². The Balaban J connectivity index is 2.14. The van der Waals surface area contributed by atoms with Gasteiger partial charge in [-0.05, 0) is 17.7 Å². The van der Waals surface area contributed by atoms with Crippen molar-refractivity contribution in [2.24, 2.45) is 5.73 Å². The maximum absolute atomic E-state index is 5.81. The van der Waals surface area contributed by atoms with Crippen LogP contribution in [0.15, 0.2) is 29.6 Å². The third-order valence-electron chi connectivity index (χ3n) is 2.07. The first-order valence-corrected chi connectivity index (χ1v) is 6.30. The number of halogens is 1. The summed E-state index contributed by atoms with van der Waals surface area (Å²) in [5.41, 5.74) is 7.37. The van der Waals surface area contributed by atoms with Gasteiger partial charge in [-0.1, -0.05) is 36.0 Å². The predicted molar refractivity (Wildman–Crippen MR) is 72.3 cm³/mol. The van der Waals surface area contributed by atoms with Gasteiger partial charge >= 0.3 is 0 Å². The summed E-state index contributed by atoms with van der Waals surface area (Å²) in [7, 11) is 0. The van der Waals surface area contributed by atoms with E-state index in [9.17, 15) is 0 Å². The minimum atomic E-state index is 0.346. The molecule has 0 aliphatic heterocycles. The van der Waals surface area contributed by atoms with Crippen molar-refractivity contribution in [2.75, 3.05) is 0 Å². The Morgan fingerprint density at radius 3 is 2.62 bits per heavy atom. The molecule has 1 aromatic carbocycles. The van der Waals surface area contributed by atoms with Crippen LogP contribution in [0.5, 0.6) is 0 Å². The van der Waals surface area contributed by atoms with Crippen molar-refractivity contribution in [3.8, 4) is 0 Å². The van der Waals surface area contributed by atoms with Gasteiger partial charge in [-0.15, -0.1) is 11.3 Å². The number of nitrogens with zero attached hydrogens (tertiary/aromatic N) is 1. The highest BCUT2D eigenvalue weighted by Gasteiger charge is 2.04. The molecule has 0 spiro atoms. The van der Waals surface area contributed by atoms with Crippen LogP contribution in [0.1, 0.15) is 16.3 Å². The number of aromatic nitrogens is 1. The van der Waals surface area contributed by atoms with Crippen LogP contribution in [-0.4, -0.2) is 9.97 Å². The molecule has 2 aromatic rings. The molecular weight excluding hydrogens is 260 g/mol. The third-order valence-corrected chi connectivity index (χ3v) is 3.38. The van der Waals surface area contributed by atoms with E-state index in [1.807, 2.05) is 29.6 Å². The van der Waals surface area contributed by atoms with Gasteiger partial charge in [0.15, 0.2) is 0 Å². The summed E-state index contributed by atoms with van der Waals surface area (Å²) < 4.78 is 0. The number of nitrogens with two attached hydrogens (primary N) is 1. The molecule has 1 heterocycles. The Morgan fingerprint density at radius 2 is 2.06 bits per heavy atom. The molecule has 16 heavy (non-hydrogen) atoms. The predicted octanol–water partition coefficient (Wildman–Crippen LogP) is 3.02. The van der Waals surface area contributed by atoms with E-state index in [-0.39, 0.29) is 0 Å². The van der Waals surface area contributed by atoms with Crippen molar-refractivity contribution in [3.05, 3.63) is 50.9 Å². The topological polar surface area (TPSA) is 38.9 Å². The number of thiazole rings is 1. The first kappa shape index (κ1) is 11.5. The quantitative estimate of drug-likeness (QED) is 0.870. The molecule has 0 saturated carbocycles. The molecule has 0 atom stereocenters. The lowest BCUT2D eigenvalue weighted by Gasteiger charge is -1.97. The van der Waals surface area contributed by atoms with Gasteiger partial charge in [-0.2, -0.15) is 0 Å². The summed E-state index contributed by atoms with van der Waals surface area (Å²) in [4.78, 5) is 4.69. The summed E-state index contributed by atoms with van der Waals surface area (Å²) in [6, 6.07) is 7.73. The molecule has 82 valence electrons. The maximum atomic E-state index is 5.81. The number of hydrogen-bond donors (Lipinski definition) is 1. The largest absolute Gasteiger partial charge is 0.388 e. The van der Waals surface area contributed by atoms with Crippen LogP contribution < -0.4 is 5.73 Å². The molecule has 0 saturated heterocycles. The molecule has 0 amide bonds. The highest BCUT2D eigenvalue weighted by molar-refractivity contribution is 7.80. The van der Waals surface area contributed by atoms with Crippen LogP contribution in [-0.2, 0) is 6.42 Å². The normalized spacial score (nSPS) is 10.3. The second-order valence-corrected chi connectivity index (χ2v) is 5.11. The van der Waals surface area contributed by atoms with Gasteiger partial charge in [0.05, 0.1) is 5.01 Å². The zero-order valence-electron chi connectivity index (χ0n) is 8.31. The number of thiocarbonyl (C=S) groups is 1. The minimum absolute atomic E-state index is 0.346. The van der Waals surface area contributed by atoms with Crippen molar-refractivity contribution >= 4 is 40.1 Å². The van der Waals surface area contributed by atoms with Gasteiger partial charge in [0.1, 0.15) is 10.7 Å². The van der Waals surface area contributed by atoms with Gasteiger partial charge in [0, 0.05) is 16.8 Å². The smallest absolute Gasteiger partial charge is 0.123 e. The van der Waals surface area contributed by atoms with Crippen molar-refractivity contribution < 1.29 is 0 Å². The van der Waals surface area contributed by atoms with Crippen molar-refractivity contribution in [2.45, 2.75) is 6.42 Å². The van der Waals surface area contributed by atoms with Gasteiger partial charge in [-0.3, -0.25) is 0 Å². The molecule has 0 fully saturated rings. The lowest BCUT2D eigenvalue weighted by molar-refractivity contribution is 1.13. The SMILES string of the molecule is NC(=S)c1csc(Cc2ccc(Cl)cc2)n1. The zero-order valence-corrected chi connectivity index (χ0v) is 10.7. The molecule has 0 bridgehead atoms. The lowest BCUT2D eigenvalue weighted by atomic mass is 10.2. The summed E-state index contributed by atoms with van der Waals surface area (Å²) in [5.74, 6) is 0. The highest BCUT2D eigenvalue weighted by Crippen LogP contribution is 2.16. The Morgan fingerprint density at radius 1 is 1.38 bits per heavy atom. The van der Waals surface area contributed by atoms with Crippen molar-refractivity contribution in [3.63, 3.8) is 0 Å². The number of benzene rings is 1. The van der Waals surface area contributed by atoms with E-state index in [1.165, 1.54) is 5.56 Å². The molecule has 2 nitrogen and oxygen atoms in total. The van der Waals surface area contributed by atoms with Crippen molar-refractivity contribution in [1.29, 1.82) is 0 Å². The molecule has 2 rings (SSSR count). The highest BCUT2D eigenvalue weighted by atomic mass is 35.5. The standard InChI is InChI=1S/C11H9ClN2S2/c12-8-3-1-7(2-4-8)5-10-14-9(6-16-10)11(13)15/h1-4,6H,5H2,(H2,13,15). The Bertz CT molecular complexity index is 505. The second-order valence-electron chi connectivity index (χ2n) is 3.29. The molecule has 5 heteroatoms.